The number of thioether (sulfide) groups is 1. The van der Waals surface area contributed by atoms with Gasteiger partial charge in [0.1, 0.15) is 5.69 Å². The van der Waals surface area contributed by atoms with Gasteiger partial charge in [0.2, 0.25) is 0 Å². The van der Waals surface area contributed by atoms with Crippen molar-refractivity contribution in [1.82, 2.24) is 10.2 Å². The number of hydrogen-bond acceptors (Lipinski definition) is 3. The number of nitrogens with zero attached hydrogens (tertiary/aromatic N) is 1. The largest absolute Gasteiger partial charge is 0.477 e. The monoisotopic (exact) mass is 200 g/mol. The molecule has 1 aromatic rings. The standard InChI is InChI=1S/C8H12N2O2S/c1-5(2)13-4-6-3-9-10-7(6)8(11)12/h3,5H,4H2,1-2H3,(H,9,10)(H,11,12). The van der Waals surface area contributed by atoms with Crippen molar-refractivity contribution < 1.29 is 9.90 Å². The summed E-state index contributed by atoms with van der Waals surface area (Å²) < 4.78 is 0. The zero-order valence-electron chi connectivity index (χ0n) is 7.57. The molecule has 0 bridgehead atoms. The third kappa shape index (κ3) is 2.77. The lowest BCUT2D eigenvalue weighted by Crippen LogP contribution is -2.01. The molecule has 0 atom stereocenters. The molecule has 0 amide bonds. The highest BCUT2D eigenvalue weighted by Crippen LogP contribution is 2.18. The fourth-order valence-electron chi connectivity index (χ4n) is 0.862. The number of carboxylic acids is 1. The summed E-state index contributed by atoms with van der Waals surface area (Å²) in [5, 5.41) is 15.4. The summed E-state index contributed by atoms with van der Waals surface area (Å²) in [6.45, 7) is 4.15. The second kappa shape index (κ2) is 4.32. The molecule has 0 saturated carbocycles. The average molecular weight is 200 g/mol. The molecular formula is C8H12N2O2S. The van der Waals surface area contributed by atoms with E-state index in [1.54, 1.807) is 18.0 Å². The van der Waals surface area contributed by atoms with Crippen molar-refractivity contribution in [3.63, 3.8) is 0 Å². The molecule has 0 radical (unpaired) electrons. The molecule has 0 aliphatic rings. The predicted octanol–water partition coefficient (Wildman–Crippen LogP) is 1.75. The first-order chi connectivity index (χ1) is 6.11. The Morgan fingerprint density at radius 1 is 1.77 bits per heavy atom. The van der Waals surface area contributed by atoms with Crippen LogP contribution in [-0.4, -0.2) is 26.5 Å². The summed E-state index contributed by atoms with van der Waals surface area (Å²) in [4.78, 5) is 10.6. The van der Waals surface area contributed by atoms with Crippen LogP contribution in [0.2, 0.25) is 0 Å². The van der Waals surface area contributed by atoms with E-state index in [4.69, 9.17) is 5.11 Å². The van der Waals surface area contributed by atoms with E-state index in [1.807, 2.05) is 0 Å². The van der Waals surface area contributed by atoms with Crippen molar-refractivity contribution in [3.05, 3.63) is 17.5 Å². The topological polar surface area (TPSA) is 66.0 Å². The van der Waals surface area contributed by atoms with Crippen LogP contribution in [0.3, 0.4) is 0 Å². The summed E-state index contributed by atoms with van der Waals surface area (Å²) in [5.41, 5.74) is 0.958. The number of carboxylic acid groups (broad SMARTS) is 1. The maximum atomic E-state index is 10.6. The minimum absolute atomic E-state index is 0.202. The van der Waals surface area contributed by atoms with Gasteiger partial charge in [0.15, 0.2) is 0 Å². The lowest BCUT2D eigenvalue weighted by molar-refractivity contribution is 0.0689. The molecule has 5 heteroatoms. The van der Waals surface area contributed by atoms with Crippen LogP contribution in [0.15, 0.2) is 6.20 Å². The summed E-state index contributed by atoms with van der Waals surface area (Å²) in [6, 6.07) is 0. The molecule has 0 aromatic carbocycles. The van der Waals surface area contributed by atoms with Crippen LogP contribution < -0.4 is 0 Å². The average Bonchev–Trinajstić information content (AvgIpc) is 2.47. The van der Waals surface area contributed by atoms with E-state index in [2.05, 4.69) is 24.0 Å². The lowest BCUT2D eigenvalue weighted by Gasteiger charge is -2.02. The SMILES string of the molecule is CC(C)SCc1cn[nH]c1C(=O)O. The molecule has 13 heavy (non-hydrogen) atoms. The smallest absolute Gasteiger partial charge is 0.354 e. The Morgan fingerprint density at radius 3 is 3.00 bits per heavy atom. The number of rotatable bonds is 4. The van der Waals surface area contributed by atoms with Gasteiger partial charge in [0.05, 0.1) is 6.20 Å². The number of aromatic nitrogens is 2. The van der Waals surface area contributed by atoms with Gasteiger partial charge in [-0.1, -0.05) is 13.8 Å². The van der Waals surface area contributed by atoms with Gasteiger partial charge < -0.3 is 5.11 Å². The predicted molar refractivity (Wildman–Crippen MR) is 52.0 cm³/mol. The van der Waals surface area contributed by atoms with Crippen molar-refractivity contribution in [2.45, 2.75) is 24.9 Å². The number of aromatic carboxylic acids is 1. The van der Waals surface area contributed by atoms with E-state index < -0.39 is 5.97 Å². The zero-order valence-corrected chi connectivity index (χ0v) is 8.39. The van der Waals surface area contributed by atoms with Crippen LogP contribution in [0.25, 0.3) is 0 Å². The van der Waals surface area contributed by atoms with Crippen LogP contribution in [0, 0.1) is 0 Å². The van der Waals surface area contributed by atoms with E-state index in [1.165, 1.54) is 0 Å². The fourth-order valence-corrected chi connectivity index (χ4v) is 1.59. The van der Waals surface area contributed by atoms with E-state index in [-0.39, 0.29) is 5.69 Å². The summed E-state index contributed by atoms with van der Waals surface area (Å²) in [6.07, 6.45) is 1.57. The normalized spacial score (nSPS) is 10.7. The zero-order chi connectivity index (χ0) is 9.84. The first-order valence-corrected chi connectivity index (χ1v) is 5.03. The second-order valence-corrected chi connectivity index (χ2v) is 4.50. The molecule has 2 N–H and O–H groups in total. The number of nitrogens with one attached hydrogen (secondary N) is 1. The van der Waals surface area contributed by atoms with Crippen molar-refractivity contribution in [2.24, 2.45) is 0 Å². The Labute approximate surface area is 80.7 Å². The van der Waals surface area contributed by atoms with Gasteiger partial charge in [-0.3, -0.25) is 5.10 Å². The second-order valence-electron chi connectivity index (χ2n) is 2.94. The van der Waals surface area contributed by atoms with Crippen LogP contribution in [0.1, 0.15) is 29.9 Å². The molecule has 1 rings (SSSR count). The Morgan fingerprint density at radius 2 is 2.46 bits per heavy atom. The van der Waals surface area contributed by atoms with E-state index in [0.717, 1.165) is 5.56 Å². The minimum atomic E-state index is -0.947. The molecule has 1 aromatic heterocycles. The highest BCUT2D eigenvalue weighted by molar-refractivity contribution is 7.99. The maximum Gasteiger partial charge on any atom is 0.354 e. The molecule has 72 valence electrons. The van der Waals surface area contributed by atoms with Crippen molar-refractivity contribution in [1.29, 1.82) is 0 Å². The van der Waals surface area contributed by atoms with Crippen molar-refractivity contribution >= 4 is 17.7 Å². The van der Waals surface area contributed by atoms with E-state index in [0.29, 0.717) is 11.0 Å². The number of H-pyrrole nitrogens is 1. The molecule has 1 heterocycles. The van der Waals surface area contributed by atoms with E-state index in [9.17, 15) is 4.79 Å². The Hall–Kier alpha value is -0.970. The van der Waals surface area contributed by atoms with Gasteiger partial charge >= 0.3 is 5.97 Å². The Kier molecular flexibility index (Phi) is 3.36. The van der Waals surface area contributed by atoms with Gasteiger partial charge in [0.25, 0.3) is 0 Å². The third-order valence-electron chi connectivity index (χ3n) is 1.50. The van der Waals surface area contributed by atoms with E-state index >= 15 is 0 Å². The number of aromatic amines is 1. The Bertz CT molecular complexity index is 296. The van der Waals surface area contributed by atoms with Crippen LogP contribution in [0.4, 0.5) is 0 Å². The molecule has 0 aliphatic heterocycles. The summed E-state index contributed by atoms with van der Waals surface area (Å²) in [5.74, 6) is -0.257. The minimum Gasteiger partial charge on any atom is -0.477 e. The van der Waals surface area contributed by atoms with Crippen molar-refractivity contribution in [2.75, 3.05) is 0 Å². The fraction of sp³-hybridized carbons (Fsp3) is 0.500. The lowest BCUT2D eigenvalue weighted by atomic mass is 10.3. The molecule has 4 nitrogen and oxygen atoms in total. The molecular weight excluding hydrogens is 188 g/mol. The van der Waals surface area contributed by atoms with Crippen LogP contribution in [0.5, 0.6) is 0 Å². The quantitative estimate of drug-likeness (QED) is 0.777. The summed E-state index contributed by atoms with van der Waals surface area (Å²) >= 11 is 1.70. The number of carbonyl (C=O) groups is 1. The molecule has 0 saturated heterocycles. The van der Waals surface area contributed by atoms with Crippen LogP contribution in [-0.2, 0) is 5.75 Å². The van der Waals surface area contributed by atoms with Gasteiger partial charge in [-0.05, 0) is 5.25 Å². The van der Waals surface area contributed by atoms with Gasteiger partial charge in [-0.2, -0.15) is 16.9 Å². The summed E-state index contributed by atoms with van der Waals surface area (Å²) in [7, 11) is 0. The first kappa shape index (κ1) is 10.1. The Balaban J connectivity index is 2.65. The third-order valence-corrected chi connectivity index (χ3v) is 2.65. The van der Waals surface area contributed by atoms with Crippen LogP contribution >= 0.6 is 11.8 Å². The maximum absolute atomic E-state index is 10.6. The van der Waals surface area contributed by atoms with Gasteiger partial charge in [-0.25, -0.2) is 4.79 Å². The first-order valence-electron chi connectivity index (χ1n) is 3.98. The highest BCUT2D eigenvalue weighted by Gasteiger charge is 2.12. The molecule has 0 spiro atoms. The van der Waals surface area contributed by atoms with Gasteiger partial charge in [0, 0.05) is 11.3 Å². The molecule has 0 aliphatic carbocycles. The molecule has 0 unspecified atom stereocenters. The number of hydrogen-bond donors (Lipinski definition) is 2. The highest BCUT2D eigenvalue weighted by atomic mass is 32.2. The van der Waals surface area contributed by atoms with Gasteiger partial charge in [-0.15, -0.1) is 0 Å². The molecule has 0 fully saturated rings. The van der Waals surface area contributed by atoms with Crippen molar-refractivity contribution in [3.8, 4) is 0 Å².